The van der Waals surface area contributed by atoms with Crippen LogP contribution in [0.15, 0.2) is 24.3 Å². The van der Waals surface area contributed by atoms with Gasteiger partial charge in [-0.1, -0.05) is 12.1 Å². The van der Waals surface area contributed by atoms with Crippen LogP contribution in [0.5, 0.6) is 5.75 Å². The molecule has 1 aromatic rings. The molecule has 1 aliphatic heterocycles. The number of rotatable bonds is 6. The fourth-order valence-corrected chi connectivity index (χ4v) is 3.14. The van der Waals surface area contributed by atoms with Gasteiger partial charge in [-0.2, -0.15) is 0 Å². The molecule has 0 bridgehead atoms. The molecule has 1 saturated heterocycles. The molecule has 0 radical (unpaired) electrons. The predicted molar refractivity (Wildman–Crippen MR) is 95.5 cm³/mol. The largest absolute Gasteiger partial charge is 0.488 e. The van der Waals surface area contributed by atoms with Crippen LogP contribution in [-0.2, 0) is 6.54 Å². The Kier molecular flexibility index (Phi) is 6.49. The van der Waals surface area contributed by atoms with E-state index in [1.54, 1.807) is 0 Å². The number of carbonyl (C=O) groups is 1. The van der Waals surface area contributed by atoms with Crippen molar-refractivity contribution in [2.45, 2.75) is 52.2 Å². The van der Waals surface area contributed by atoms with E-state index in [9.17, 15) is 4.79 Å². The fraction of sp³-hybridized carbons (Fsp3) is 0.632. The molecule has 0 aromatic heterocycles. The van der Waals surface area contributed by atoms with E-state index in [2.05, 4.69) is 49.2 Å². The van der Waals surface area contributed by atoms with Crippen molar-refractivity contribution in [2.75, 3.05) is 19.6 Å². The van der Waals surface area contributed by atoms with Crippen molar-refractivity contribution in [3.05, 3.63) is 29.8 Å². The third-order valence-electron chi connectivity index (χ3n) is 4.26. The zero-order chi connectivity index (χ0) is 17.6. The van der Waals surface area contributed by atoms with Gasteiger partial charge in [0, 0.05) is 13.1 Å². The molecule has 0 unspecified atom stereocenters. The van der Waals surface area contributed by atoms with Crippen molar-refractivity contribution >= 4 is 6.09 Å². The summed E-state index contributed by atoms with van der Waals surface area (Å²) >= 11 is 0. The zero-order valence-corrected chi connectivity index (χ0v) is 15.0. The highest BCUT2D eigenvalue weighted by Crippen LogP contribution is 2.24. The molecule has 0 spiro atoms. The SMILES string of the molecule is CC(C)(C)Oc1cccc(CN2CCC(CCNC(=O)O)CC2)c1. The zero-order valence-electron chi connectivity index (χ0n) is 15.0. The molecule has 1 heterocycles. The second-order valence-electron chi connectivity index (χ2n) is 7.60. The van der Waals surface area contributed by atoms with E-state index in [0.717, 1.165) is 44.6 Å². The van der Waals surface area contributed by atoms with E-state index >= 15 is 0 Å². The Morgan fingerprint density at radius 3 is 2.67 bits per heavy atom. The molecule has 2 N–H and O–H groups in total. The number of benzene rings is 1. The Balaban J connectivity index is 1.77. The first-order valence-corrected chi connectivity index (χ1v) is 8.79. The summed E-state index contributed by atoms with van der Waals surface area (Å²) in [6.07, 6.45) is 2.29. The fourth-order valence-electron chi connectivity index (χ4n) is 3.14. The normalized spacial score (nSPS) is 16.8. The Labute approximate surface area is 145 Å². The lowest BCUT2D eigenvalue weighted by Crippen LogP contribution is -2.34. The summed E-state index contributed by atoms with van der Waals surface area (Å²) in [5, 5.41) is 11.1. The van der Waals surface area contributed by atoms with Gasteiger partial charge in [0.15, 0.2) is 0 Å². The van der Waals surface area contributed by atoms with Gasteiger partial charge in [0.1, 0.15) is 11.4 Å². The molecule has 5 nitrogen and oxygen atoms in total. The summed E-state index contributed by atoms with van der Waals surface area (Å²) in [7, 11) is 0. The average molecular weight is 334 g/mol. The van der Waals surface area contributed by atoms with Crippen LogP contribution in [0.3, 0.4) is 0 Å². The molecule has 134 valence electrons. The van der Waals surface area contributed by atoms with Crippen LogP contribution in [0.1, 0.15) is 45.6 Å². The number of amides is 1. The quantitative estimate of drug-likeness (QED) is 0.832. The molecule has 1 aromatic carbocycles. The Morgan fingerprint density at radius 2 is 2.04 bits per heavy atom. The number of ether oxygens (including phenoxy) is 1. The Hall–Kier alpha value is -1.75. The molecule has 1 aliphatic rings. The van der Waals surface area contributed by atoms with Gasteiger partial charge in [-0.3, -0.25) is 4.90 Å². The number of hydrogen-bond donors (Lipinski definition) is 2. The first-order chi connectivity index (χ1) is 11.3. The minimum Gasteiger partial charge on any atom is -0.488 e. The summed E-state index contributed by atoms with van der Waals surface area (Å²) in [5.74, 6) is 1.55. The number of nitrogens with one attached hydrogen (secondary N) is 1. The van der Waals surface area contributed by atoms with Gasteiger partial charge in [-0.05, 0) is 76.7 Å². The highest BCUT2D eigenvalue weighted by atomic mass is 16.5. The second kappa shape index (κ2) is 8.38. The topological polar surface area (TPSA) is 61.8 Å². The van der Waals surface area contributed by atoms with Crippen molar-refractivity contribution in [3.63, 3.8) is 0 Å². The number of nitrogens with zero attached hydrogens (tertiary/aromatic N) is 1. The lowest BCUT2D eigenvalue weighted by Gasteiger charge is -2.32. The number of hydrogen-bond acceptors (Lipinski definition) is 3. The van der Waals surface area contributed by atoms with E-state index in [4.69, 9.17) is 9.84 Å². The minimum atomic E-state index is -0.926. The highest BCUT2D eigenvalue weighted by Gasteiger charge is 2.19. The van der Waals surface area contributed by atoms with Crippen LogP contribution < -0.4 is 10.1 Å². The molecule has 0 atom stereocenters. The van der Waals surface area contributed by atoms with Crippen molar-refractivity contribution in [1.82, 2.24) is 10.2 Å². The lowest BCUT2D eigenvalue weighted by molar-refractivity contribution is 0.130. The van der Waals surface area contributed by atoms with E-state index in [-0.39, 0.29) is 5.60 Å². The number of piperidine rings is 1. The number of carboxylic acid groups (broad SMARTS) is 1. The summed E-state index contributed by atoms with van der Waals surface area (Å²) in [6.45, 7) is 9.83. The first-order valence-electron chi connectivity index (χ1n) is 8.79. The first kappa shape index (κ1) is 18.6. The molecular weight excluding hydrogens is 304 g/mol. The molecule has 0 aliphatic carbocycles. The van der Waals surface area contributed by atoms with Crippen molar-refractivity contribution < 1.29 is 14.6 Å². The van der Waals surface area contributed by atoms with E-state index in [0.29, 0.717) is 12.5 Å². The summed E-state index contributed by atoms with van der Waals surface area (Å²) < 4.78 is 5.94. The minimum absolute atomic E-state index is 0.180. The molecular formula is C19H30N2O3. The predicted octanol–water partition coefficient (Wildman–Crippen LogP) is 3.73. The van der Waals surface area contributed by atoms with Crippen LogP contribution in [0.25, 0.3) is 0 Å². The van der Waals surface area contributed by atoms with Gasteiger partial charge in [0.2, 0.25) is 0 Å². The smallest absolute Gasteiger partial charge is 0.404 e. The molecule has 0 saturated carbocycles. The third kappa shape index (κ3) is 6.79. The van der Waals surface area contributed by atoms with Crippen LogP contribution >= 0.6 is 0 Å². The van der Waals surface area contributed by atoms with Gasteiger partial charge >= 0.3 is 6.09 Å². The van der Waals surface area contributed by atoms with Crippen LogP contribution in [-0.4, -0.2) is 41.3 Å². The third-order valence-corrected chi connectivity index (χ3v) is 4.26. The van der Waals surface area contributed by atoms with Gasteiger partial charge in [0.05, 0.1) is 0 Å². The average Bonchev–Trinajstić information content (AvgIpc) is 2.47. The standard InChI is InChI=1S/C19H30N2O3/c1-19(2,3)24-17-6-4-5-16(13-17)14-21-11-8-15(9-12-21)7-10-20-18(22)23/h4-6,13,15,20H,7-12,14H2,1-3H3,(H,22,23). The summed E-state index contributed by atoms with van der Waals surface area (Å²) in [6, 6.07) is 8.35. The van der Waals surface area contributed by atoms with Crippen molar-refractivity contribution in [2.24, 2.45) is 5.92 Å². The Bertz CT molecular complexity index is 532. The van der Waals surface area contributed by atoms with Gasteiger partial charge in [0.25, 0.3) is 0 Å². The summed E-state index contributed by atoms with van der Waals surface area (Å²) in [4.78, 5) is 13.0. The molecule has 5 heteroatoms. The van der Waals surface area contributed by atoms with E-state index in [1.807, 2.05) is 6.07 Å². The van der Waals surface area contributed by atoms with Gasteiger partial charge in [-0.15, -0.1) is 0 Å². The molecule has 24 heavy (non-hydrogen) atoms. The molecule has 1 fully saturated rings. The summed E-state index contributed by atoms with van der Waals surface area (Å²) in [5.41, 5.74) is 1.10. The van der Waals surface area contributed by atoms with Crippen LogP contribution in [0.4, 0.5) is 4.79 Å². The monoisotopic (exact) mass is 334 g/mol. The van der Waals surface area contributed by atoms with Gasteiger partial charge < -0.3 is 15.2 Å². The van der Waals surface area contributed by atoms with Crippen LogP contribution in [0.2, 0.25) is 0 Å². The Morgan fingerprint density at radius 1 is 1.33 bits per heavy atom. The second-order valence-corrected chi connectivity index (χ2v) is 7.60. The molecule has 1 amide bonds. The highest BCUT2D eigenvalue weighted by molar-refractivity contribution is 5.64. The van der Waals surface area contributed by atoms with Crippen molar-refractivity contribution in [1.29, 1.82) is 0 Å². The maximum absolute atomic E-state index is 10.5. The number of likely N-dealkylation sites (tertiary alicyclic amines) is 1. The van der Waals surface area contributed by atoms with E-state index in [1.165, 1.54) is 5.56 Å². The van der Waals surface area contributed by atoms with E-state index < -0.39 is 6.09 Å². The maximum Gasteiger partial charge on any atom is 0.404 e. The lowest BCUT2D eigenvalue weighted by atomic mass is 9.93. The van der Waals surface area contributed by atoms with Gasteiger partial charge in [-0.25, -0.2) is 4.79 Å². The van der Waals surface area contributed by atoms with Crippen LogP contribution in [0, 0.1) is 5.92 Å². The molecule has 2 rings (SSSR count). The maximum atomic E-state index is 10.5. The van der Waals surface area contributed by atoms with Crippen molar-refractivity contribution in [3.8, 4) is 5.75 Å².